The molecular formula is C17H51NO5Si2. The minimum absolute atomic E-state index is 0. The number of aliphatic hydroxyl groups excluding tert-OH is 1. The third-order valence-electron chi connectivity index (χ3n) is 4.04. The van der Waals surface area contributed by atoms with Crippen LogP contribution in [0.4, 0.5) is 0 Å². The molecule has 162 valence electrons. The Labute approximate surface area is 162 Å². The van der Waals surface area contributed by atoms with E-state index in [9.17, 15) is 5.11 Å². The van der Waals surface area contributed by atoms with Crippen molar-refractivity contribution in [1.29, 1.82) is 0 Å². The quantitative estimate of drug-likeness (QED) is 0.574. The summed E-state index contributed by atoms with van der Waals surface area (Å²) in [6.45, 7) is 1.92. The normalized spacial score (nSPS) is 19.1. The molecule has 1 heterocycles. The number of hydrogen-bond acceptors (Lipinski definition) is 6. The lowest BCUT2D eigenvalue weighted by Crippen LogP contribution is -2.55. The molecule has 0 saturated carbocycles. The lowest BCUT2D eigenvalue weighted by molar-refractivity contribution is 0.122. The number of nitrogens with zero attached hydrogens (tertiary/aromatic N) is 1. The van der Waals surface area contributed by atoms with E-state index >= 15 is 0 Å². The Morgan fingerprint density at radius 1 is 0.920 bits per heavy atom. The average molecular weight is 406 g/mol. The van der Waals surface area contributed by atoms with Gasteiger partial charge in [-0.25, -0.2) is 0 Å². The van der Waals surface area contributed by atoms with Crippen LogP contribution in [0, 0.1) is 0 Å². The van der Waals surface area contributed by atoms with Crippen LogP contribution in [0.2, 0.25) is 12.1 Å². The highest BCUT2D eigenvalue weighted by molar-refractivity contribution is 6.71. The van der Waals surface area contributed by atoms with Crippen LogP contribution in [0.5, 0.6) is 0 Å². The van der Waals surface area contributed by atoms with Crippen LogP contribution in [0.1, 0.15) is 57.4 Å². The maximum absolute atomic E-state index is 9.61. The second-order valence-electron chi connectivity index (χ2n) is 4.80. The number of rotatable bonds is 9. The van der Waals surface area contributed by atoms with Gasteiger partial charge in [0, 0.05) is 34.5 Å². The van der Waals surface area contributed by atoms with E-state index in [0.717, 1.165) is 38.0 Å². The zero-order valence-electron chi connectivity index (χ0n) is 12.5. The van der Waals surface area contributed by atoms with E-state index in [1.807, 2.05) is 0 Å². The van der Waals surface area contributed by atoms with Crippen molar-refractivity contribution in [2.75, 3.05) is 47.8 Å². The van der Waals surface area contributed by atoms with Gasteiger partial charge in [0.25, 0.3) is 8.48 Å². The van der Waals surface area contributed by atoms with Gasteiger partial charge >= 0.3 is 8.80 Å². The number of hydrogen-bond donors (Lipinski definition) is 1. The van der Waals surface area contributed by atoms with E-state index in [1.165, 1.54) is 0 Å². The maximum Gasteiger partial charge on any atom is 0.500 e. The molecule has 0 spiro atoms. The fourth-order valence-electron chi connectivity index (χ4n) is 2.74. The number of aliphatic hydroxyl groups is 1. The van der Waals surface area contributed by atoms with E-state index in [2.05, 4.69) is 4.57 Å². The molecule has 1 fully saturated rings. The first kappa shape index (κ1) is 40.0. The van der Waals surface area contributed by atoms with Crippen LogP contribution >= 0.6 is 0 Å². The molecule has 0 amide bonds. The van der Waals surface area contributed by atoms with Crippen LogP contribution < -0.4 is 0 Å². The molecule has 1 aliphatic rings. The molecule has 0 aromatic carbocycles. The fraction of sp³-hybridized carbons (Fsp3) is 1.00. The van der Waals surface area contributed by atoms with Gasteiger partial charge < -0.3 is 27.4 Å². The summed E-state index contributed by atoms with van der Waals surface area (Å²) in [4.78, 5) is 0. The molecule has 1 unspecified atom stereocenters. The van der Waals surface area contributed by atoms with Gasteiger partial charge in [0.2, 0.25) is 0 Å². The molecule has 1 saturated heterocycles. The van der Waals surface area contributed by atoms with Crippen molar-refractivity contribution in [1.82, 2.24) is 4.57 Å². The van der Waals surface area contributed by atoms with Gasteiger partial charge in [0.1, 0.15) is 0 Å². The minimum Gasteiger partial charge on any atom is -0.405 e. The standard InChI is InChI=1S/C11H27NO5Si2.6CH4/c1-14-18(11-13)9-5-7-12(18)8-6-10-19(15-2,16-3)17-4;;;;;;/h13H,5-11H2,1-4H3;6*1H4. The van der Waals surface area contributed by atoms with Gasteiger partial charge in [-0.05, 0) is 32.0 Å². The lowest BCUT2D eigenvalue weighted by atomic mass is 10.4. The monoisotopic (exact) mass is 405 g/mol. The van der Waals surface area contributed by atoms with Crippen molar-refractivity contribution < 1.29 is 22.8 Å². The molecule has 0 aromatic rings. The maximum atomic E-state index is 9.61. The summed E-state index contributed by atoms with van der Waals surface area (Å²) in [7, 11) is 2.10. The molecule has 1 aliphatic heterocycles. The smallest absolute Gasteiger partial charge is 0.405 e. The average Bonchev–Trinajstić information content (AvgIpc) is 2.87. The second kappa shape index (κ2) is 19.0. The highest BCUT2D eigenvalue weighted by Gasteiger charge is 2.45. The lowest BCUT2D eigenvalue weighted by Gasteiger charge is -2.33. The Balaban J connectivity index is -0.000000150. The Morgan fingerprint density at radius 2 is 1.40 bits per heavy atom. The van der Waals surface area contributed by atoms with Gasteiger partial charge in [-0.1, -0.05) is 44.6 Å². The zero-order chi connectivity index (χ0) is 14.4. The van der Waals surface area contributed by atoms with Crippen molar-refractivity contribution in [3.63, 3.8) is 0 Å². The molecular weight excluding hydrogens is 354 g/mol. The van der Waals surface area contributed by atoms with Crippen LogP contribution in [-0.4, -0.2) is 74.7 Å². The van der Waals surface area contributed by atoms with Crippen LogP contribution in [0.3, 0.4) is 0 Å². The minimum atomic E-state index is -2.47. The molecule has 1 atom stereocenters. The van der Waals surface area contributed by atoms with Gasteiger partial charge in [0.15, 0.2) is 0 Å². The summed E-state index contributed by atoms with van der Waals surface area (Å²) in [5.74, 6) is 0. The second-order valence-corrected chi connectivity index (χ2v) is 11.6. The van der Waals surface area contributed by atoms with Crippen LogP contribution in [-0.2, 0) is 17.7 Å². The molecule has 25 heavy (non-hydrogen) atoms. The summed E-state index contributed by atoms with van der Waals surface area (Å²) in [5.41, 5.74) is 0. The summed E-state index contributed by atoms with van der Waals surface area (Å²) in [5, 5.41) is 9.61. The topological polar surface area (TPSA) is 60.4 Å². The Bertz CT molecular complexity index is 257. The highest BCUT2D eigenvalue weighted by Crippen LogP contribution is 2.27. The SMILES string of the molecule is C.C.C.C.C.C.CO[Si](CCCN1CCC[Si]1(CO)OC)(OC)OC. The highest BCUT2D eigenvalue weighted by atomic mass is 28.4. The van der Waals surface area contributed by atoms with Crippen LogP contribution in [0.25, 0.3) is 0 Å². The van der Waals surface area contributed by atoms with E-state index in [1.54, 1.807) is 28.4 Å². The Kier molecular flexibility index (Phi) is 30.4. The van der Waals surface area contributed by atoms with E-state index in [0.29, 0.717) is 0 Å². The third-order valence-corrected chi connectivity index (χ3v) is 10.9. The first-order chi connectivity index (χ1) is 9.12. The van der Waals surface area contributed by atoms with Gasteiger partial charge in [-0.3, -0.25) is 0 Å². The largest absolute Gasteiger partial charge is 0.500 e. The van der Waals surface area contributed by atoms with Crippen molar-refractivity contribution >= 4 is 17.3 Å². The van der Waals surface area contributed by atoms with Crippen LogP contribution in [0.15, 0.2) is 0 Å². The van der Waals surface area contributed by atoms with E-state index < -0.39 is 17.3 Å². The first-order valence-electron chi connectivity index (χ1n) is 6.68. The third kappa shape index (κ3) is 9.62. The van der Waals surface area contributed by atoms with Crippen molar-refractivity contribution in [3.05, 3.63) is 0 Å². The molecule has 0 aromatic heterocycles. The summed E-state index contributed by atoms with van der Waals surface area (Å²) < 4.78 is 24.2. The summed E-state index contributed by atoms with van der Waals surface area (Å²) in [6, 6.07) is 1.80. The van der Waals surface area contributed by atoms with Crippen molar-refractivity contribution in [3.8, 4) is 0 Å². The molecule has 0 radical (unpaired) electrons. The molecule has 0 aliphatic carbocycles. The van der Waals surface area contributed by atoms with Gasteiger partial charge in [0.05, 0.1) is 6.23 Å². The Hall–Kier alpha value is 0.194. The molecule has 0 bridgehead atoms. The molecule has 6 nitrogen and oxygen atoms in total. The molecule has 1 N–H and O–H groups in total. The Morgan fingerprint density at radius 3 is 1.76 bits per heavy atom. The van der Waals surface area contributed by atoms with Gasteiger partial charge in [-0.15, -0.1) is 0 Å². The van der Waals surface area contributed by atoms with Gasteiger partial charge in [-0.2, -0.15) is 0 Å². The van der Waals surface area contributed by atoms with E-state index in [4.69, 9.17) is 17.7 Å². The van der Waals surface area contributed by atoms with Crippen molar-refractivity contribution in [2.24, 2.45) is 0 Å². The predicted molar refractivity (Wildman–Crippen MR) is 117 cm³/mol. The first-order valence-corrected chi connectivity index (χ1v) is 10.9. The summed E-state index contributed by atoms with van der Waals surface area (Å²) in [6.07, 6.45) is 2.22. The summed E-state index contributed by atoms with van der Waals surface area (Å²) >= 11 is 0. The zero-order valence-corrected chi connectivity index (χ0v) is 14.5. The molecule has 8 heteroatoms. The molecule has 1 rings (SSSR count). The van der Waals surface area contributed by atoms with Crippen molar-refractivity contribution in [2.45, 2.75) is 69.5 Å². The van der Waals surface area contributed by atoms with E-state index in [-0.39, 0.29) is 50.8 Å². The fourth-order valence-corrected chi connectivity index (χ4v) is 7.55. The predicted octanol–water partition coefficient (Wildman–Crippen LogP) is 4.40.